The van der Waals surface area contributed by atoms with Crippen LogP contribution in [-0.4, -0.2) is 41.1 Å². The van der Waals surface area contributed by atoms with Crippen LogP contribution in [0.5, 0.6) is 0 Å². The van der Waals surface area contributed by atoms with Crippen molar-refractivity contribution < 1.29 is 9.53 Å². The maximum Gasteiger partial charge on any atom is 0.272 e. The highest BCUT2D eigenvalue weighted by atomic mass is 16.5. The largest absolute Gasteiger partial charge is 0.374 e. The van der Waals surface area contributed by atoms with Crippen molar-refractivity contribution in [3.05, 3.63) is 23.9 Å². The molecule has 1 amide bonds. The summed E-state index contributed by atoms with van der Waals surface area (Å²) in [7, 11) is 0. The Kier molecular flexibility index (Phi) is 3.84. The standard InChI is InChI=1S/C14H20N4O2/c15-17-13-7-3-4-10(16-13)14(19)18-8-9-20-12-6-2-1-5-11(12)18/h3-4,7,11-12H,1-2,5-6,8-9,15H2,(H,16,17). The molecule has 20 heavy (non-hydrogen) atoms. The van der Waals surface area contributed by atoms with Gasteiger partial charge in [-0.2, -0.15) is 0 Å². The lowest BCUT2D eigenvalue weighted by atomic mass is 9.90. The highest BCUT2D eigenvalue weighted by Gasteiger charge is 2.37. The molecule has 108 valence electrons. The number of fused-ring (bicyclic) bond motifs is 1. The van der Waals surface area contributed by atoms with E-state index >= 15 is 0 Å². The van der Waals surface area contributed by atoms with Crippen molar-refractivity contribution in [1.82, 2.24) is 9.88 Å². The van der Waals surface area contributed by atoms with Gasteiger partial charge >= 0.3 is 0 Å². The van der Waals surface area contributed by atoms with Gasteiger partial charge in [0.1, 0.15) is 11.5 Å². The first-order valence-corrected chi connectivity index (χ1v) is 7.16. The van der Waals surface area contributed by atoms with Crippen LogP contribution in [-0.2, 0) is 4.74 Å². The van der Waals surface area contributed by atoms with E-state index in [4.69, 9.17) is 10.6 Å². The summed E-state index contributed by atoms with van der Waals surface area (Å²) < 4.78 is 5.80. The normalized spacial score (nSPS) is 25.9. The molecule has 1 aromatic rings. The second kappa shape index (κ2) is 5.76. The van der Waals surface area contributed by atoms with Gasteiger partial charge in [-0.15, -0.1) is 0 Å². The summed E-state index contributed by atoms with van der Waals surface area (Å²) in [6.45, 7) is 1.25. The Balaban J connectivity index is 1.81. The van der Waals surface area contributed by atoms with E-state index < -0.39 is 0 Å². The number of morpholine rings is 1. The van der Waals surface area contributed by atoms with Gasteiger partial charge in [0, 0.05) is 6.54 Å². The number of amides is 1. The average molecular weight is 276 g/mol. The molecule has 2 unspecified atom stereocenters. The third-order valence-corrected chi connectivity index (χ3v) is 4.11. The van der Waals surface area contributed by atoms with Crippen LogP contribution in [0.25, 0.3) is 0 Å². The van der Waals surface area contributed by atoms with Gasteiger partial charge in [-0.3, -0.25) is 4.79 Å². The van der Waals surface area contributed by atoms with Gasteiger partial charge in [-0.25, -0.2) is 10.8 Å². The molecule has 2 fully saturated rings. The Bertz CT molecular complexity index is 492. The van der Waals surface area contributed by atoms with Crippen LogP contribution < -0.4 is 11.3 Å². The van der Waals surface area contributed by atoms with E-state index in [0.29, 0.717) is 24.7 Å². The Labute approximate surface area is 118 Å². The molecule has 1 aromatic heterocycles. The van der Waals surface area contributed by atoms with E-state index in [9.17, 15) is 4.79 Å². The molecule has 6 nitrogen and oxygen atoms in total. The molecular weight excluding hydrogens is 256 g/mol. The smallest absolute Gasteiger partial charge is 0.272 e. The van der Waals surface area contributed by atoms with Gasteiger partial charge < -0.3 is 15.1 Å². The number of nitrogens with zero attached hydrogens (tertiary/aromatic N) is 2. The van der Waals surface area contributed by atoms with E-state index in [1.807, 2.05) is 4.90 Å². The number of carbonyl (C=O) groups is 1. The van der Waals surface area contributed by atoms with Crippen molar-refractivity contribution in [3.63, 3.8) is 0 Å². The highest BCUT2D eigenvalue weighted by Crippen LogP contribution is 2.29. The van der Waals surface area contributed by atoms with Crippen molar-refractivity contribution in [1.29, 1.82) is 0 Å². The fourth-order valence-corrected chi connectivity index (χ4v) is 3.13. The number of pyridine rings is 1. The molecule has 3 N–H and O–H groups in total. The zero-order valence-corrected chi connectivity index (χ0v) is 11.4. The fraction of sp³-hybridized carbons (Fsp3) is 0.571. The maximum atomic E-state index is 12.7. The second-order valence-corrected chi connectivity index (χ2v) is 5.31. The molecule has 0 spiro atoms. The number of nitrogens with one attached hydrogen (secondary N) is 1. The zero-order chi connectivity index (χ0) is 13.9. The molecule has 3 rings (SSSR count). The number of aromatic nitrogens is 1. The van der Waals surface area contributed by atoms with Gasteiger partial charge in [0.05, 0.1) is 18.8 Å². The molecule has 2 atom stereocenters. The number of hydrogen-bond donors (Lipinski definition) is 2. The van der Waals surface area contributed by atoms with Crippen molar-refractivity contribution in [2.45, 2.75) is 37.8 Å². The Hall–Kier alpha value is -1.66. The average Bonchev–Trinajstić information content (AvgIpc) is 2.53. The molecule has 6 heteroatoms. The molecular formula is C14H20N4O2. The second-order valence-electron chi connectivity index (χ2n) is 5.31. The maximum absolute atomic E-state index is 12.7. The number of nitrogens with two attached hydrogens (primary N) is 1. The van der Waals surface area contributed by atoms with Gasteiger partial charge in [0.15, 0.2) is 0 Å². The molecule has 2 heterocycles. The Morgan fingerprint density at radius 2 is 2.25 bits per heavy atom. The first-order chi connectivity index (χ1) is 9.79. The molecule has 1 saturated carbocycles. The van der Waals surface area contributed by atoms with E-state index in [-0.39, 0.29) is 18.1 Å². The van der Waals surface area contributed by atoms with Crippen LogP contribution in [0.2, 0.25) is 0 Å². The summed E-state index contributed by atoms with van der Waals surface area (Å²) in [4.78, 5) is 18.8. The number of ether oxygens (including phenoxy) is 1. The molecule has 0 radical (unpaired) electrons. The lowest BCUT2D eigenvalue weighted by molar-refractivity contribution is -0.0754. The Morgan fingerprint density at radius 3 is 3.10 bits per heavy atom. The molecule has 2 aliphatic rings. The number of hydrazine groups is 1. The summed E-state index contributed by atoms with van der Waals surface area (Å²) >= 11 is 0. The minimum atomic E-state index is -0.0256. The summed E-state index contributed by atoms with van der Waals surface area (Å²) in [6, 6.07) is 5.45. The topological polar surface area (TPSA) is 80.5 Å². The van der Waals surface area contributed by atoms with Gasteiger partial charge in [0.25, 0.3) is 5.91 Å². The summed E-state index contributed by atoms with van der Waals surface area (Å²) in [5.41, 5.74) is 2.91. The van der Waals surface area contributed by atoms with E-state index in [1.54, 1.807) is 18.2 Å². The van der Waals surface area contributed by atoms with Crippen molar-refractivity contribution in [2.75, 3.05) is 18.6 Å². The van der Waals surface area contributed by atoms with Crippen LogP contribution in [0.1, 0.15) is 36.2 Å². The van der Waals surface area contributed by atoms with E-state index in [2.05, 4.69) is 10.4 Å². The van der Waals surface area contributed by atoms with E-state index in [0.717, 1.165) is 19.3 Å². The van der Waals surface area contributed by atoms with Crippen molar-refractivity contribution >= 4 is 11.7 Å². The lowest BCUT2D eigenvalue weighted by Gasteiger charge is -2.43. The first kappa shape index (κ1) is 13.3. The quantitative estimate of drug-likeness (QED) is 0.625. The van der Waals surface area contributed by atoms with Gasteiger partial charge in [-0.05, 0) is 25.0 Å². The van der Waals surface area contributed by atoms with Crippen LogP contribution in [0.15, 0.2) is 18.2 Å². The van der Waals surface area contributed by atoms with Crippen LogP contribution in [0, 0.1) is 0 Å². The molecule has 1 aliphatic heterocycles. The predicted octanol–water partition coefficient (Wildman–Crippen LogP) is 1.15. The van der Waals surface area contributed by atoms with Crippen LogP contribution in [0.4, 0.5) is 5.82 Å². The number of anilines is 1. The third kappa shape index (κ3) is 2.48. The predicted molar refractivity (Wildman–Crippen MR) is 75.1 cm³/mol. The lowest BCUT2D eigenvalue weighted by Crippen LogP contribution is -2.55. The van der Waals surface area contributed by atoms with Crippen molar-refractivity contribution in [3.8, 4) is 0 Å². The molecule has 0 aromatic carbocycles. The Morgan fingerprint density at radius 1 is 1.40 bits per heavy atom. The number of carbonyl (C=O) groups excluding carboxylic acids is 1. The first-order valence-electron chi connectivity index (χ1n) is 7.16. The number of nitrogen functional groups attached to an aromatic ring is 1. The fourth-order valence-electron chi connectivity index (χ4n) is 3.13. The summed E-state index contributed by atoms with van der Waals surface area (Å²) in [6.07, 6.45) is 4.61. The number of rotatable bonds is 2. The van der Waals surface area contributed by atoms with Gasteiger partial charge in [0.2, 0.25) is 0 Å². The summed E-state index contributed by atoms with van der Waals surface area (Å²) in [5, 5.41) is 0. The van der Waals surface area contributed by atoms with Gasteiger partial charge in [-0.1, -0.05) is 18.9 Å². The van der Waals surface area contributed by atoms with Crippen LogP contribution in [0.3, 0.4) is 0 Å². The molecule has 1 saturated heterocycles. The zero-order valence-electron chi connectivity index (χ0n) is 11.4. The van der Waals surface area contributed by atoms with Crippen LogP contribution >= 0.6 is 0 Å². The van der Waals surface area contributed by atoms with E-state index in [1.165, 1.54) is 6.42 Å². The molecule has 0 bridgehead atoms. The number of hydrogen-bond acceptors (Lipinski definition) is 5. The highest BCUT2D eigenvalue weighted by molar-refractivity contribution is 5.93. The monoisotopic (exact) mass is 276 g/mol. The SMILES string of the molecule is NNc1cccc(C(=O)N2CCOC3CCCCC32)n1. The molecule has 1 aliphatic carbocycles. The minimum absolute atomic E-state index is 0.0256. The third-order valence-electron chi connectivity index (χ3n) is 4.11. The van der Waals surface area contributed by atoms with Crippen molar-refractivity contribution in [2.24, 2.45) is 5.84 Å². The summed E-state index contributed by atoms with van der Waals surface area (Å²) in [5.74, 6) is 5.82. The minimum Gasteiger partial charge on any atom is -0.374 e.